The Morgan fingerprint density at radius 1 is 1.26 bits per heavy atom. The van der Waals surface area contributed by atoms with Crippen LogP contribution in [0, 0.1) is 5.92 Å². The molecule has 1 aromatic carbocycles. The van der Waals surface area contributed by atoms with Crippen LogP contribution < -0.4 is 0 Å². The Balaban J connectivity index is 3.11. The number of benzene rings is 1. The van der Waals surface area contributed by atoms with E-state index in [9.17, 15) is 27.9 Å². The average Bonchev–Trinajstić information content (AvgIpc) is 2.45. The molecule has 1 aromatic rings. The van der Waals surface area contributed by atoms with Gasteiger partial charge in [-0.1, -0.05) is 23.7 Å². The maximum absolute atomic E-state index is 13.3. The summed E-state index contributed by atoms with van der Waals surface area (Å²) in [6.07, 6.45) is -6.40. The van der Waals surface area contributed by atoms with Gasteiger partial charge in [0.2, 0.25) is 0 Å². The lowest BCUT2D eigenvalue weighted by Gasteiger charge is -2.31. The Morgan fingerprint density at radius 2 is 1.78 bits per heavy atom. The maximum atomic E-state index is 13.3. The number of carbonyl (C=O) groups is 2. The van der Waals surface area contributed by atoms with Crippen molar-refractivity contribution in [3.63, 3.8) is 0 Å². The Kier molecular flexibility index (Phi) is 6.18. The van der Waals surface area contributed by atoms with Crippen LogP contribution in [0.25, 0.3) is 0 Å². The van der Waals surface area contributed by atoms with Crippen molar-refractivity contribution in [2.45, 2.75) is 32.0 Å². The minimum Gasteiger partial charge on any atom is -0.465 e. The molecule has 23 heavy (non-hydrogen) atoms. The third-order valence-electron chi connectivity index (χ3n) is 3.34. The summed E-state index contributed by atoms with van der Waals surface area (Å²) in [5.74, 6) is -3.41. The molecule has 0 saturated heterocycles. The van der Waals surface area contributed by atoms with Crippen LogP contribution in [-0.4, -0.2) is 29.6 Å². The van der Waals surface area contributed by atoms with Crippen molar-refractivity contribution in [1.82, 2.24) is 0 Å². The number of carbonyl (C=O) groups excluding carboxylic acids is 2. The normalized spacial score (nSPS) is 15.6. The first kappa shape index (κ1) is 19.4. The highest BCUT2D eigenvalue weighted by atomic mass is 35.5. The van der Waals surface area contributed by atoms with Crippen LogP contribution in [0.5, 0.6) is 0 Å². The van der Waals surface area contributed by atoms with Crippen molar-refractivity contribution < 1.29 is 32.6 Å². The maximum Gasteiger partial charge on any atom is 0.421 e. The van der Waals surface area contributed by atoms with Gasteiger partial charge in [-0.3, -0.25) is 9.59 Å². The van der Waals surface area contributed by atoms with Gasteiger partial charge in [-0.05, 0) is 31.5 Å². The van der Waals surface area contributed by atoms with Crippen LogP contribution in [0.4, 0.5) is 13.2 Å². The fraction of sp³-hybridized carbons (Fsp3) is 0.467. The minimum atomic E-state index is -5.11. The smallest absolute Gasteiger partial charge is 0.421 e. The van der Waals surface area contributed by atoms with Gasteiger partial charge in [0.1, 0.15) is 11.7 Å². The molecule has 0 aliphatic rings. The Morgan fingerprint density at radius 3 is 2.22 bits per heavy atom. The van der Waals surface area contributed by atoms with E-state index in [-0.39, 0.29) is 11.6 Å². The van der Waals surface area contributed by atoms with Gasteiger partial charge in [-0.2, -0.15) is 13.2 Å². The topological polar surface area (TPSA) is 63.6 Å². The highest BCUT2D eigenvalue weighted by Crippen LogP contribution is 2.42. The molecule has 128 valence electrons. The van der Waals surface area contributed by atoms with Gasteiger partial charge in [-0.25, -0.2) is 0 Å². The van der Waals surface area contributed by atoms with E-state index in [1.165, 1.54) is 19.1 Å². The summed E-state index contributed by atoms with van der Waals surface area (Å²) in [6.45, 7) is 2.64. The zero-order chi connectivity index (χ0) is 17.8. The molecule has 1 rings (SSSR count). The van der Waals surface area contributed by atoms with E-state index < -0.39 is 41.4 Å². The zero-order valence-electron chi connectivity index (χ0n) is 12.5. The zero-order valence-corrected chi connectivity index (χ0v) is 13.2. The van der Waals surface area contributed by atoms with E-state index in [1.54, 1.807) is 0 Å². The highest BCUT2D eigenvalue weighted by Gasteiger charge is 2.56. The molecule has 0 saturated carbocycles. The van der Waals surface area contributed by atoms with Gasteiger partial charge in [0, 0.05) is 11.4 Å². The lowest BCUT2D eigenvalue weighted by atomic mass is 9.85. The van der Waals surface area contributed by atoms with Gasteiger partial charge in [-0.15, -0.1) is 0 Å². The Hall–Kier alpha value is -1.60. The summed E-state index contributed by atoms with van der Waals surface area (Å²) in [5, 5.41) is 10.3. The van der Waals surface area contributed by atoms with Crippen LogP contribution in [0.1, 0.15) is 25.8 Å². The summed E-state index contributed by atoms with van der Waals surface area (Å²) < 4.78 is 44.5. The third-order valence-corrected chi connectivity index (χ3v) is 3.60. The van der Waals surface area contributed by atoms with Crippen molar-refractivity contribution >= 4 is 23.4 Å². The molecule has 0 amide bonds. The number of hydrogen-bond donors (Lipinski definition) is 1. The number of rotatable bonds is 6. The van der Waals surface area contributed by atoms with Crippen molar-refractivity contribution in [1.29, 1.82) is 0 Å². The monoisotopic (exact) mass is 352 g/mol. The standard InChI is InChI=1S/C15H16ClF3O4/c1-3-23-13(21)9(2)12(20)8-14(22,15(17,18)19)10-4-6-11(16)7-5-10/h4-7,9,22H,3,8H2,1-2H3/t9-,14?/m1/s1. The molecular formula is C15H16ClF3O4. The highest BCUT2D eigenvalue weighted by molar-refractivity contribution is 6.30. The van der Waals surface area contributed by atoms with E-state index in [1.807, 2.05) is 0 Å². The first-order chi connectivity index (χ1) is 10.5. The quantitative estimate of drug-likeness (QED) is 0.630. The number of esters is 1. The molecule has 2 atom stereocenters. The number of Topliss-reactive ketones (excluding diaryl/α,β-unsaturated/α-hetero) is 1. The fourth-order valence-electron chi connectivity index (χ4n) is 1.90. The predicted octanol–water partition coefficient (Wildman–Crippen LogP) is 3.25. The molecule has 0 spiro atoms. The number of hydrogen-bond acceptors (Lipinski definition) is 4. The molecule has 1 N–H and O–H groups in total. The molecule has 0 aliphatic carbocycles. The molecule has 0 heterocycles. The second-order valence-electron chi connectivity index (χ2n) is 4.98. The van der Waals surface area contributed by atoms with E-state index in [4.69, 9.17) is 11.6 Å². The summed E-state index contributed by atoms with van der Waals surface area (Å²) in [5.41, 5.74) is -3.94. The first-order valence-electron chi connectivity index (χ1n) is 6.77. The van der Waals surface area contributed by atoms with Gasteiger partial charge in [0.05, 0.1) is 6.61 Å². The molecule has 0 aromatic heterocycles. The lowest BCUT2D eigenvalue weighted by molar-refractivity contribution is -0.267. The summed E-state index contributed by atoms with van der Waals surface area (Å²) >= 11 is 5.62. The molecule has 0 aliphatic heterocycles. The number of alkyl halides is 3. The summed E-state index contributed by atoms with van der Waals surface area (Å²) in [4.78, 5) is 23.5. The Labute approximate surface area is 136 Å². The van der Waals surface area contributed by atoms with Gasteiger partial charge in [0.25, 0.3) is 0 Å². The summed E-state index contributed by atoms with van der Waals surface area (Å²) in [7, 11) is 0. The van der Waals surface area contributed by atoms with Crippen LogP contribution in [0.15, 0.2) is 24.3 Å². The van der Waals surface area contributed by atoms with Gasteiger partial charge in [0.15, 0.2) is 5.60 Å². The van der Waals surface area contributed by atoms with E-state index in [2.05, 4.69) is 4.74 Å². The van der Waals surface area contributed by atoms with E-state index >= 15 is 0 Å². The molecule has 8 heteroatoms. The SMILES string of the molecule is CCOC(=O)[C@H](C)C(=O)CC(O)(c1ccc(Cl)cc1)C(F)(F)F. The van der Waals surface area contributed by atoms with Gasteiger partial charge < -0.3 is 9.84 Å². The van der Waals surface area contributed by atoms with Crippen LogP contribution in [-0.2, 0) is 19.9 Å². The molecule has 0 fully saturated rings. The van der Waals surface area contributed by atoms with Crippen molar-refractivity contribution in [2.24, 2.45) is 5.92 Å². The van der Waals surface area contributed by atoms with Crippen molar-refractivity contribution in [3.8, 4) is 0 Å². The molecule has 0 radical (unpaired) electrons. The number of aliphatic hydroxyl groups is 1. The van der Waals surface area contributed by atoms with E-state index in [0.29, 0.717) is 0 Å². The van der Waals surface area contributed by atoms with Crippen molar-refractivity contribution in [3.05, 3.63) is 34.9 Å². The summed E-state index contributed by atoms with van der Waals surface area (Å²) in [6, 6.07) is 4.32. The first-order valence-corrected chi connectivity index (χ1v) is 7.15. The number of ketones is 1. The van der Waals surface area contributed by atoms with Gasteiger partial charge >= 0.3 is 12.1 Å². The average molecular weight is 353 g/mol. The molecule has 1 unspecified atom stereocenters. The Bertz CT molecular complexity index is 571. The van der Waals surface area contributed by atoms with E-state index in [0.717, 1.165) is 19.1 Å². The van der Waals surface area contributed by atoms with Crippen LogP contribution in [0.2, 0.25) is 5.02 Å². The van der Waals surface area contributed by atoms with Crippen LogP contribution in [0.3, 0.4) is 0 Å². The fourth-order valence-corrected chi connectivity index (χ4v) is 2.02. The number of ether oxygens (including phenoxy) is 1. The van der Waals surface area contributed by atoms with Crippen molar-refractivity contribution in [2.75, 3.05) is 6.61 Å². The molecule has 4 nitrogen and oxygen atoms in total. The largest absolute Gasteiger partial charge is 0.465 e. The second kappa shape index (κ2) is 7.31. The lowest BCUT2D eigenvalue weighted by Crippen LogP contribution is -2.45. The molecular weight excluding hydrogens is 337 g/mol. The third kappa shape index (κ3) is 4.45. The minimum absolute atomic E-state index is 0.00280. The predicted molar refractivity (Wildman–Crippen MR) is 76.8 cm³/mol. The molecule has 0 bridgehead atoms. The number of halogens is 4. The second-order valence-corrected chi connectivity index (χ2v) is 5.42. The van der Waals surface area contributed by atoms with Crippen LogP contribution >= 0.6 is 11.6 Å².